The molecule has 0 fully saturated rings. The Morgan fingerprint density at radius 2 is 1.68 bits per heavy atom. The first kappa shape index (κ1) is 15.7. The van der Waals surface area contributed by atoms with Crippen LogP contribution in [0.3, 0.4) is 0 Å². The van der Waals surface area contributed by atoms with Gasteiger partial charge in [-0.3, -0.25) is 0 Å². The second-order valence-corrected chi connectivity index (χ2v) is 3.74. The van der Waals surface area contributed by atoms with E-state index < -0.39 is 24.1 Å². The van der Waals surface area contributed by atoms with Crippen molar-refractivity contribution in [3.63, 3.8) is 0 Å². The Balaban J connectivity index is 3.26. The number of hydrogen-bond donors (Lipinski definition) is 1. The van der Waals surface area contributed by atoms with Crippen LogP contribution in [0.1, 0.15) is 17.2 Å². The summed E-state index contributed by atoms with van der Waals surface area (Å²) in [5.74, 6) is 0.0506. The normalized spacial score (nSPS) is 13.7. The highest BCUT2D eigenvalue weighted by atomic mass is 19.4. The molecule has 19 heavy (non-hydrogen) atoms. The number of benzene rings is 1. The van der Waals surface area contributed by atoms with Gasteiger partial charge in [0.1, 0.15) is 11.9 Å². The van der Waals surface area contributed by atoms with Gasteiger partial charge in [-0.25, -0.2) is 0 Å². The molecule has 0 aliphatic heterocycles. The number of halogens is 3. The fraction of sp³-hybridized carbons (Fsp3) is 0.500. The number of ether oxygens (including phenoxy) is 3. The molecule has 0 saturated carbocycles. The number of rotatable bonds is 5. The fourth-order valence-electron chi connectivity index (χ4n) is 1.67. The van der Waals surface area contributed by atoms with Gasteiger partial charge in [-0.1, -0.05) is 6.07 Å². The fourth-order valence-corrected chi connectivity index (χ4v) is 1.67. The number of alkyl halides is 3. The lowest BCUT2D eigenvalue weighted by Crippen LogP contribution is -2.25. The molecule has 108 valence electrons. The van der Waals surface area contributed by atoms with Gasteiger partial charge >= 0.3 is 6.18 Å². The van der Waals surface area contributed by atoms with Gasteiger partial charge in [-0.15, -0.1) is 0 Å². The summed E-state index contributed by atoms with van der Waals surface area (Å²) >= 11 is 0. The van der Waals surface area contributed by atoms with E-state index in [4.69, 9.17) is 14.2 Å². The zero-order chi connectivity index (χ0) is 14.6. The lowest BCUT2D eigenvalue weighted by atomic mass is 10.0. The standard InChI is InChI=1S/C12H15F3O4/c1-17-7-4-5-8(9(6-7)12(13,14)15)10(16)11(18-2)19-3/h4-6,10-11,16H,1-3H3/t10-/m1/s1. The second-order valence-electron chi connectivity index (χ2n) is 3.74. The van der Waals surface area contributed by atoms with Gasteiger partial charge < -0.3 is 19.3 Å². The maximum absolute atomic E-state index is 12.9. The molecule has 1 aromatic rings. The van der Waals surface area contributed by atoms with Crippen molar-refractivity contribution in [3.05, 3.63) is 29.3 Å². The van der Waals surface area contributed by atoms with Crippen molar-refractivity contribution < 1.29 is 32.5 Å². The first-order valence-corrected chi connectivity index (χ1v) is 5.34. The minimum absolute atomic E-state index is 0.0506. The van der Waals surface area contributed by atoms with Crippen molar-refractivity contribution in [1.82, 2.24) is 0 Å². The van der Waals surface area contributed by atoms with Crippen LogP contribution < -0.4 is 4.74 Å². The Morgan fingerprint density at radius 1 is 1.11 bits per heavy atom. The van der Waals surface area contributed by atoms with Crippen LogP contribution in [-0.4, -0.2) is 32.7 Å². The maximum atomic E-state index is 12.9. The molecule has 0 aliphatic carbocycles. The predicted octanol–water partition coefficient (Wildman–Crippen LogP) is 2.37. The van der Waals surface area contributed by atoms with E-state index in [1.165, 1.54) is 27.4 Å². The zero-order valence-electron chi connectivity index (χ0n) is 10.7. The van der Waals surface area contributed by atoms with Gasteiger partial charge in [-0.05, 0) is 17.7 Å². The molecule has 0 amide bonds. The van der Waals surface area contributed by atoms with E-state index >= 15 is 0 Å². The Kier molecular flexibility index (Phi) is 5.16. The average molecular weight is 280 g/mol. The first-order chi connectivity index (χ1) is 8.85. The minimum Gasteiger partial charge on any atom is -0.497 e. The summed E-state index contributed by atoms with van der Waals surface area (Å²) in [6, 6.07) is 3.29. The van der Waals surface area contributed by atoms with E-state index in [0.29, 0.717) is 0 Å². The first-order valence-electron chi connectivity index (χ1n) is 5.34. The molecular formula is C12H15F3O4. The Hall–Kier alpha value is -1.31. The van der Waals surface area contributed by atoms with Gasteiger partial charge in [0.05, 0.1) is 12.7 Å². The molecule has 1 aromatic carbocycles. The molecule has 0 saturated heterocycles. The molecule has 0 spiro atoms. The van der Waals surface area contributed by atoms with Crippen LogP contribution >= 0.6 is 0 Å². The van der Waals surface area contributed by atoms with Crippen molar-refractivity contribution >= 4 is 0 Å². The summed E-state index contributed by atoms with van der Waals surface area (Å²) < 4.78 is 53.1. The molecule has 1 rings (SSSR count). The molecule has 7 heteroatoms. The van der Waals surface area contributed by atoms with Crippen LogP contribution in [0.15, 0.2) is 18.2 Å². The molecule has 0 unspecified atom stereocenters. The van der Waals surface area contributed by atoms with Crippen molar-refractivity contribution in [2.75, 3.05) is 21.3 Å². The molecule has 0 aliphatic rings. The zero-order valence-corrected chi connectivity index (χ0v) is 10.7. The van der Waals surface area contributed by atoms with Gasteiger partial charge in [0.25, 0.3) is 0 Å². The van der Waals surface area contributed by atoms with Gasteiger partial charge in [0.2, 0.25) is 0 Å². The topological polar surface area (TPSA) is 47.9 Å². The second kappa shape index (κ2) is 6.23. The summed E-state index contributed by atoms with van der Waals surface area (Å²) in [6.45, 7) is 0. The van der Waals surface area contributed by atoms with Crippen LogP contribution in [0.5, 0.6) is 5.75 Å². The lowest BCUT2D eigenvalue weighted by Gasteiger charge is -2.23. The largest absolute Gasteiger partial charge is 0.497 e. The quantitative estimate of drug-likeness (QED) is 0.841. The lowest BCUT2D eigenvalue weighted by molar-refractivity contribution is -0.171. The van der Waals surface area contributed by atoms with Gasteiger partial charge in [-0.2, -0.15) is 13.2 Å². The number of aliphatic hydroxyl groups is 1. The van der Waals surface area contributed by atoms with Gasteiger partial charge in [0, 0.05) is 14.2 Å². The molecule has 0 radical (unpaired) electrons. The molecule has 0 bridgehead atoms. The minimum atomic E-state index is -4.61. The van der Waals surface area contributed by atoms with Crippen molar-refractivity contribution in [1.29, 1.82) is 0 Å². The third-order valence-electron chi connectivity index (χ3n) is 2.61. The smallest absolute Gasteiger partial charge is 0.416 e. The molecular weight excluding hydrogens is 265 g/mol. The summed E-state index contributed by atoms with van der Waals surface area (Å²) in [5.41, 5.74) is -1.32. The van der Waals surface area contributed by atoms with E-state index in [1.807, 2.05) is 0 Å². The Bertz CT molecular complexity index is 416. The molecule has 0 aromatic heterocycles. The van der Waals surface area contributed by atoms with Crippen molar-refractivity contribution in [3.8, 4) is 5.75 Å². The van der Waals surface area contributed by atoms with Crippen LogP contribution in [-0.2, 0) is 15.7 Å². The maximum Gasteiger partial charge on any atom is 0.416 e. The summed E-state index contributed by atoms with van der Waals surface area (Å²) in [5, 5.41) is 9.90. The van der Waals surface area contributed by atoms with Gasteiger partial charge in [0.15, 0.2) is 6.29 Å². The van der Waals surface area contributed by atoms with E-state index in [1.54, 1.807) is 0 Å². The molecule has 1 N–H and O–H groups in total. The highest BCUT2D eigenvalue weighted by Crippen LogP contribution is 2.38. The molecule has 4 nitrogen and oxygen atoms in total. The monoisotopic (exact) mass is 280 g/mol. The number of aliphatic hydroxyl groups excluding tert-OH is 1. The Labute approximate surface area is 108 Å². The third-order valence-corrected chi connectivity index (χ3v) is 2.61. The van der Waals surface area contributed by atoms with Crippen LogP contribution in [0.4, 0.5) is 13.2 Å². The predicted molar refractivity (Wildman–Crippen MR) is 60.8 cm³/mol. The van der Waals surface area contributed by atoms with E-state index in [2.05, 4.69) is 0 Å². The molecule has 0 heterocycles. The molecule has 1 atom stereocenters. The number of methoxy groups -OCH3 is 3. The van der Waals surface area contributed by atoms with Crippen LogP contribution in [0.2, 0.25) is 0 Å². The average Bonchev–Trinajstić information content (AvgIpc) is 2.38. The van der Waals surface area contributed by atoms with E-state index in [0.717, 1.165) is 12.1 Å². The summed E-state index contributed by atoms with van der Waals surface area (Å²) in [4.78, 5) is 0. The van der Waals surface area contributed by atoms with E-state index in [9.17, 15) is 18.3 Å². The highest BCUT2D eigenvalue weighted by molar-refractivity contribution is 5.39. The van der Waals surface area contributed by atoms with Crippen LogP contribution in [0, 0.1) is 0 Å². The SMILES string of the molecule is COc1ccc([C@@H](O)C(OC)OC)c(C(F)(F)F)c1. The van der Waals surface area contributed by atoms with Crippen molar-refractivity contribution in [2.24, 2.45) is 0 Å². The Morgan fingerprint density at radius 3 is 2.11 bits per heavy atom. The highest BCUT2D eigenvalue weighted by Gasteiger charge is 2.37. The van der Waals surface area contributed by atoms with Crippen molar-refractivity contribution in [2.45, 2.75) is 18.6 Å². The number of hydrogen-bond acceptors (Lipinski definition) is 4. The van der Waals surface area contributed by atoms with E-state index in [-0.39, 0.29) is 11.3 Å². The summed E-state index contributed by atoms with van der Waals surface area (Å²) in [6.07, 6.45) is -7.36. The van der Waals surface area contributed by atoms with Crippen LogP contribution in [0.25, 0.3) is 0 Å². The third kappa shape index (κ3) is 3.59. The summed E-state index contributed by atoms with van der Waals surface area (Å²) in [7, 11) is 3.72.